The van der Waals surface area contributed by atoms with Gasteiger partial charge in [0.05, 0.1) is 28.1 Å². The summed E-state index contributed by atoms with van der Waals surface area (Å²) in [5.74, 6) is 0.0304. The van der Waals surface area contributed by atoms with Crippen molar-refractivity contribution < 1.29 is 9.32 Å². The first kappa shape index (κ1) is 15.3. The van der Waals surface area contributed by atoms with Crippen molar-refractivity contribution in [3.63, 3.8) is 0 Å². The fraction of sp³-hybridized carbons (Fsp3) is 0.0588. The molecule has 0 spiro atoms. The predicted octanol–water partition coefficient (Wildman–Crippen LogP) is 3.83. The van der Waals surface area contributed by atoms with E-state index in [0.717, 1.165) is 10.9 Å². The van der Waals surface area contributed by atoms with Crippen molar-refractivity contribution in [3.8, 4) is 11.4 Å². The summed E-state index contributed by atoms with van der Waals surface area (Å²) >= 11 is 6.36. The van der Waals surface area contributed by atoms with E-state index in [2.05, 4.69) is 25.7 Å². The number of aryl methyl sites for hydroxylation is 1. The largest absolute Gasteiger partial charge is 0.360 e. The van der Waals surface area contributed by atoms with Gasteiger partial charge in [-0.25, -0.2) is 0 Å². The summed E-state index contributed by atoms with van der Waals surface area (Å²) in [7, 11) is 0. The molecule has 0 fully saturated rings. The van der Waals surface area contributed by atoms with E-state index in [9.17, 15) is 4.79 Å². The van der Waals surface area contributed by atoms with Crippen LogP contribution in [0.4, 0.5) is 5.69 Å². The van der Waals surface area contributed by atoms with Gasteiger partial charge in [-0.2, -0.15) is 5.10 Å². The Morgan fingerprint density at radius 2 is 2.16 bits per heavy atom. The number of benzene rings is 1. The van der Waals surface area contributed by atoms with Gasteiger partial charge in [0.15, 0.2) is 0 Å². The van der Waals surface area contributed by atoms with Crippen LogP contribution in [0.3, 0.4) is 0 Å². The molecule has 3 aromatic heterocycles. The lowest BCUT2D eigenvalue weighted by Gasteiger charge is -2.08. The van der Waals surface area contributed by atoms with E-state index in [1.165, 1.54) is 0 Å². The van der Waals surface area contributed by atoms with Gasteiger partial charge in [0.25, 0.3) is 5.91 Å². The van der Waals surface area contributed by atoms with Crippen LogP contribution < -0.4 is 5.32 Å². The van der Waals surface area contributed by atoms with Crippen LogP contribution in [-0.2, 0) is 0 Å². The average molecular weight is 354 g/mol. The van der Waals surface area contributed by atoms with Crippen LogP contribution >= 0.6 is 11.6 Å². The topological polar surface area (TPSA) is 96.7 Å². The number of H-pyrrole nitrogens is 1. The Kier molecular flexibility index (Phi) is 3.70. The molecule has 0 radical (unpaired) electrons. The molecule has 7 nitrogen and oxygen atoms in total. The van der Waals surface area contributed by atoms with Crippen LogP contribution in [0.1, 0.15) is 16.1 Å². The van der Waals surface area contributed by atoms with Crippen LogP contribution in [0.2, 0.25) is 5.02 Å². The highest BCUT2D eigenvalue weighted by atomic mass is 35.5. The van der Waals surface area contributed by atoms with Crippen molar-refractivity contribution in [1.82, 2.24) is 20.3 Å². The number of amides is 1. The Labute approximate surface area is 147 Å². The van der Waals surface area contributed by atoms with Crippen LogP contribution in [-0.4, -0.2) is 26.2 Å². The van der Waals surface area contributed by atoms with E-state index in [1.54, 1.807) is 43.6 Å². The second-order valence-corrected chi connectivity index (χ2v) is 5.77. The molecule has 0 bridgehead atoms. The zero-order valence-corrected chi connectivity index (χ0v) is 13.8. The molecule has 25 heavy (non-hydrogen) atoms. The molecule has 124 valence electrons. The van der Waals surface area contributed by atoms with Gasteiger partial charge < -0.3 is 9.84 Å². The number of carbonyl (C=O) groups excluding carboxylic acids is 1. The number of aromatic amines is 1. The number of hydrogen-bond donors (Lipinski definition) is 2. The van der Waals surface area contributed by atoms with Crippen LogP contribution in [0.25, 0.3) is 22.3 Å². The zero-order valence-electron chi connectivity index (χ0n) is 13.1. The quantitative estimate of drug-likeness (QED) is 0.583. The minimum absolute atomic E-state index is 0.321. The SMILES string of the molecule is Cc1onc(-c2ccccn2)c1C(=O)Nc1ccc2[nH]ncc2c1Cl. The molecule has 0 atom stereocenters. The highest BCUT2D eigenvalue weighted by molar-refractivity contribution is 6.38. The third-order valence-corrected chi connectivity index (χ3v) is 4.21. The van der Waals surface area contributed by atoms with Crippen molar-refractivity contribution >= 4 is 34.1 Å². The molecular formula is C17H12ClN5O2. The minimum Gasteiger partial charge on any atom is -0.360 e. The standard InChI is InChI=1S/C17H12ClN5O2/c1-9-14(16(23-25-9)13-4-2-3-7-19-13)17(24)21-12-6-5-11-10(15(12)18)8-20-22-11/h2-8H,1H3,(H,20,22)(H,21,24). The van der Waals surface area contributed by atoms with E-state index in [1.807, 2.05) is 6.07 Å². The maximum absolute atomic E-state index is 12.8. The lowest BCUT2D eigenvalue weighted by atomic mass is 10.1. The first-order chi connectivity index (χ1) is 12.1. The van der Waals surface area contributed by atoms with Gasteiger partial charge in [-0.05, 0) is 31.2 Å². The second kappa shape index (κ2) is 6.03. The van der Waals surface area contributed by atoms with Crippen LogP contribution in [0.15, 0.2) is 47.2 Å². The monoisotopic (exact) mass is 353 g/mol. The summed E-state index contributed by atoms with van der Waals surface area (Å²) in [6.45, 7) is 1.68. The summed E-state index contributed by atoms with van der Waals surface area (Å²) < 4.78 is 5.20. The van der Waals surface area contributed by atoms with Crippen molar-refractivity contribution in [3.05, 3.63) is 59.1 Å². The first-order valence-electron chi connectivity index (χ1n) is 7.46. The van der Waals surface area contributed by atoms with Gasteiger partial charge in [0.1, 0.15) is 17.0 Å². The van der Waals surface area contributed by atoms with Gasteiger partial charge in [0, 0.05) is 11.6 Å². The Morgan fingerprint density at radius 3 is 2.96 bits per heavy atom. The van der Waals surface area contributed by atoms with Crippen molar-refractivity contribution in [2.24, 2.45) is 0 Å². The molecule has 3 heterocycles. The maximum atomic E-state index is 12.8. The van der Waals surface area contributed by atoms with Crippen molar-refractivity contribution in [2.75, 3.05) is 5.32 Å². The molecule has 0 aliphatic rings. The number of nitrogens with zero attached hydrogens (tertiary/aromatic N) is 3. The zero-order chi connectivity index (χ0) is 17.4. The summed E-state index contributed by atoms with van der Waals surface area (Å²) in [5, 5.41) is 14.7. The van der Waals surface area contributed by atoms with E-state index in [-0.39, 0.29) is 5.91 Å². The Morgan fingerprint density at radius 1 is 1.28 bits per heavy atom. The minimum atomic E-state index is -0.371. The lowest BCUT2D eigenvalue weighted by molar-refractivity contribution is 0.102. The number of hydrogen-bond acceptors (Lipinski definition) is 5. The van der Waals surface area contributed by atoms with E-state index < -0.39 is 0 Å². The van der Waals surface area contributed by atoms with Gasteiger partial charge in [0.2, 0.25) is 0 Å². The molecule has 0 aliphatic heterocycles. The summed E-state index contributed by atoms with van der Waals surface area (Å²) in [5.41, 5.74) is 2.53. The average Bonchev–Trinajstić information content (AvgIpc) is 3.25. The third-order valence-electron chi connectivity index (χ3n) is 3.80. The smallest absolute Gasteiger partial charge is 0.261 e. The molecule has 0 aliphatic carbocycles. The number of nitrogens with one attached hydrogen (secondary N) is 2. The molecule has 1 aromatic carbocycles. The van der Waals surface area contributed by atoms with E-state index in [4.69, 9.17) is 16.1 Å². The van der Waals surface area contributed by atoms with Gasteiger partial charge in [-0.15, -0.1) is 0 Å². The molecular weight excluding hydrogens is 342 g/mol. The fourth-order valence-electron chi connectivity index (χ4n) is 2.58. The number of rotatable bonds is 3. The molecule has 8 heteroatoms. The second-order valence-electron chi connectivity index (χ2n) is 5.39. The molecule has 1 amide bonds. The molecule has 0 saturated carbocycles. The third kappa shape index (κ3) is 2.64. The Balaban J connectivity index is 1.72. The lowest BCUT2D eigenvalue weighted by Crippen LogP contribution is -2.14. The van der Waals surface area contributed by atoms with E-state index in [0.29, 0.717) is 33.4 Å². The Bertz CT molecular complexity index is 1070. The van der Waals surface area contributed by atoms with E-state index >= 15 is 0 Å². The molecule has 0 unspecified atom stereocenters. The number of halogens is 1. The number of fused-ring (bicyclic) bond motifs is 1. The summed E-state index contributed by atoms with van der Waals surface area (Å²) in [6.07, 6.45) is 3.24. The first-order valence-corrected chi connectivity index (χ1v) is 7.83. The number of carbonyl (C=O) groups is 1. The highest BCUT2D eigenvalue weighted by Gasteiger charge is 2.23. The molecule has 0 saturated heterocycles. The summed E-state index contributed by atoms with van der Waals surface area (Å²) in [4.78, 5) is 17.0. The highest BCUT2D eigenvalue weighted by Crippen LogP contribution is 2.31. The van der Waals surface area contributed by atoms with Crippen LogP contribution in [0.5, 0.6) is 0 Å². The fourth-order valence-corrected chi connectivity index (χ4v) is 2.84. The van der Waals surface area contributed by atoms with Crippen LogP contribution in [0, 0.1) is 6.92 Å². The maximum Gasteiger partial charge on any atom is 0.261 e. The molecule has 2 N–H and O–H groups in total. The number of aromatic nitrogens is 4. The van der Waals surface area contributed by atoms with Crippen molar-refractivity contribution in [1.29, 1.82) is 0 Å². The molecule has 4 aromatic rings. The number of pyridine rings is 1. The van der Waals surface area contributed by atoms with Gasteiger partial charge in [-0.3, -0.25) is 14.9 Å². The normalized spacial score (nSPS) is 11.0. The van der Waals surface area contributed by atoms with Gasteiger partial charge >= 0.3 is 0 Å². The molecule has 4 rings (SSSR count). The summed E-state index contributed by atoms with van der Waals surface area (Å²) in [6, 6.07) is 8.88. The Hall–Kier alpha value is -3.19. The number of anilines is 1. The predicted molar refractivity (Wildman–Crippen MR) is 93.5 cm³/mol. The van der Waals surface area contributed by atoms with Gasteiger partial charge in [-0.1, -0.05) is 22.8 Å². The van der Waals surface area contributed by atoms with Crippen molar-refractivity contribution in [2.45, 2.75) is 6.92 Å².